The summed E-state index contributed by atoms with van der Waals surface area (Å²) in [6.45, 7) is 0.840. The third-order valence-corrected chi connectivity index (χ3v) is 4.58. The van der Waals surface area contributed by atoms with E-state index in [2.05, 4.69) is 5.32 Å². The van der Waals surface area contributed by atoms with Crippen LogP contribution in [0.2, 0.25) is 0 Å². The Morgan fingerprint density at radius 2 is 1.81 bits per heavy atom. The normalized spacial score (nSPS) is 16.7. The SMILES string of the molecule is CN(C)c1ccc(CNC(=O)[C@@H]2CCN(c3ccc(F)cc3)C2=O)cc1. The minimum Gasteiger partial charge on any atom is -0.378 e. The number of carbonyl (C=O) groups is 2. The quantitative estimate of drug-likeness (QED) is 0.839. The summed E-state index contributed by atoms with van der Waals surface area (Å²) >= 11 is 0. The van der Waals surface area contributed by atoms with Gasteiger partial charge in [0.15, 0.2) is 0 Å². The highest BCUT2D eigenvalue weighted by Crippen LogP contribution is 2.25. The number of halogens is 1. The maximum Gasteiger partial charge on any atom is 0.239 e. The van der Waals surface area contributed by atoms with Gasteiger partial charge in [0.05, 0.1) is 0 Å². The molecule has 1 aliphatic heterocycles. The van der Waals surface area contributed by atoms with Gasteiger partial charge in [0.25, 0.3) is 0 Å². The van der Waals surface area contributed by atoms with E-state index in [1.165, 1.54) is 17.0 Å². The van der Waals surface area contributed by atoms with Crippen molar-refractivity contribution in [1.82, 2.24) is 5.32 Å². The minimum atomic E-state index is -0.693. The molecule has 136 valence electrons. The van der Waals surface area contributed by atoms with E-state index in [4.69, 9.17) is 0 Å². The molecule has 0 saturated carbocycles. The van der Waals surface area contributed by atoms with Gasteiger partial charge in [-0.1, -0.05) is 12.1 Å². The van der Waals surface area contributed by atoms with E-state index in [1.54, 1.807) is 12.1 Å². The van der Waals surface area contributed by atoms with Crippen molar-refractivity contribution in [1.29, 1.82) is 0 Å². The van der Waals surface area contributed by atoms with Crippen LogP contribution in [0.5, 0.6) is 0 Å². The van der Waals surface area contributed by atoms with Gasteiger partial charge in [0.2, 0.25) is 11.8 Å². The predicted molar refractivity (Wildman–Crippen MR) is 99.5 cm³/mol. The Morgan fingerprint density at radius 1 is 1.15 bits per heavy atom. The van der Waals surface area contributed by atoms with Gasteiger partial charge in [-0.25, -0.2) is 4.39 Å². The standard InChI is InChI=1S/C20H22FN3O2/c1-23(2)16-7-3-14(4-8-16)13-22-19(25)18-11-12-24(20(18)26)17-9-5-15(21)6-10-17/h3-10,18H,11-13H2,1-2H3,(H,22,25)/t18-/m0/s1. The van der Waals surface area contributed by atoms with Crippen molar-refractivity contribution < 1.29 is 14.0 Å². The van der Waals surface area contributed by atoms with Crippen molar-refractivity contribution in [2.24, 2.45) is 5.92 Å². The number of hydrogen-bond acceptors (Lipinski definition) is 3. The first-order valence-electron chi connectivity index (χ1n) is 8.56. The van der Waals surface area contributed by atoms with Crippen LogP contribution >= 0.6 is 0 Å². The summed E-state index contributed by atoms with van der Waals surface area (Å²) in [5, 5.41) is 2.84. The Balaban J connectivity index is 1.58. The van der Waals surface area contributed by atoms with Crippen LogP contribution in [0.4, 0.5) is 15.8 Å². The van der Waals surface area contributed by atoms with Gasteiger partial charge in [-0.15, -0.1) is 0 Å². The van der Waals surface area contributed by atoms with Crippen LogP contribution in [0.3, 0.4) is 0 Å². The second kappa shape index (κ2) is 7.56. The maximum absolute atomic E-state index is 13.0. The molecule has 0 aliphatic carbocycles. The van der Waals surface area contributed by atoms with Crippen LogP contribution in [0, 0.1) is 11.7 Å². The molecule has 1 fully saturated rings. The zero-order chi connectivity index (χ0) is 18.7. The second-order valence-electron chi connectivity index (χ2n) is 6.59. The van der Waals surface area contributed by atoms with Crippen LogP contribution in [0.15, 0.2) is 48.5 Å². The average molecular weight is 355 g/mol. The average Bonchev–Trinajstić information content (AvgIpc) is 3.02. The molecule has 0 spiro atoms. The fraction of sp³-hybridized carbons (Fsp3) is 0.300. The number of nitrogens with one attached hydrogen (secondary N) is 1. The summed E-state index contributed by atoms with van der Waals surface area (Å²) in [6.07, 6.45) is 0.460. The summed E-state index contributed by atoms with van der Waals surface area (Å²) in [4.78, 5) is 28.5. The highest BCUT2D eigenvalue weighted by Gasteiger charge is 2.37. The predicted octanol–water partition coefficient (Wildman–Crippen LogP) is 2.56. The van der Waals surface area contributed by atoms with E-state index >= 15 is 0 Å². The fourth-order valence-electron chi connectivity index (χ4n) is 3.02. The van der Waals surface area contributed by atoms with Gasteiger partial charge in [0, 0.05) is 38.6 Å². The molecule has 26 heavy (non-hydrogen) atoms. The van der Waals surface area contributed by atoms with Crippen molar-refractivity contribution in [3.05, 3.63) is 59.9 Å². The zero-order valence-electron chi connectivity index (χ0n) is 14.9. The first-order valence-corrected chi connectivity index (χ1v) is 8.56. The zero-order valence-corrected chi connectivity index (χ0v) is 14.9. The lowest BCUT2D eigenvalue weighted by Crippen LogP contribution is -2.36. The van der Waals surface area contributed by atoms with Crippen LogP contribution < -0.4 is 15.1 Å². The van der Waals surface area contributed by atoms with Crippen molar-refractivity contribution >= 4 is 23.2 Å². The molecule has 0 radical (unpaired) electrons. The number of rotatable bonds is 5. The molecule has 2 aromatic rings. The van der Waals surface area contributed by atoms with Gasteiger partial charge < -0.3 is 15.1 Å². The third kappa shape index (κ3) is 3.85. The van der Waals surface area contributed by atoms with Gasteiger partial charge in [-0.2, -0.15) is 0 Å². The molecule has 2 aromatic carbocycles. The monoisotopic (exact) mass is 355 g/mol. The molecule has 1 atom stereocenters. The molecule has 5 nitrogen and oxygen atoms in total. The van der Waals surface area contributed by atoms with Crippen LogP contribution in [-0.4, -0.2) is 32.5 Å². The molecular weight excluding hydrogens is 333 g/mol. The Bertz CT molecular complexity index is 788. The van der Waals surface area contributed by atoms with Gasteiger partial charge in [0.1, 0.15) is 11.7 Å². The number of amides is 2. The molecule has 3 rings (SSSR count). The molecule has 0 bridgehead atoms. The van der Waals surface area contributed by atoms with E-state index < -0.39 is 5.92 Å². The number of carbonyl (C=O) groups excluding carboxylic acids is 2. The first kappa shape index (κ1) is 17.9. The lowest BCUT2D eigenvalue weighted by molar-refractivity contribution is -0.132. The summed E-state index contributed by atoms with van der Waals surface area (Å²) in [6, 6.07) is 13.6. The lowest BCUT2D eigenvalue weighted by Gasteiger charge is -2.17. The first-order chi connectivity index (χ1) is 12.5. The van der Waals surface area contributed by atoms with Gasteiger partial charge in [-0.05, 0) is 48.4 Å². The summed E-state index contributed by atoms with van der Waals surface area (Å²) in [5.74, 6) is -1.55. The summed E-state index contributed by atoms with van der Waals surface area (Å²) < 4.78 is 13.0. The van der Waals surface area contributed by atoms with E-state index in [0.717, 1.165) is 11.3 Å². The van der Waals surface area contributed by atoms with Crippen LogP contribution in [0.25, 0.3) is 0 Å². The fourth-order valence-corrected chi connectivity index (χ4v) is 3.02. The van der Waals surface area contributed by atoms with E-state index in [0.29, 0.717) is 25.2 Å². The van der Waals surface area contributed by atoms with Crippen molar-refractivity contribution in [3.63, 3.8) is 0 Å². The van der Waals surface area contributed by atoms with Crippen LogP contribution in [0.1, 0.15) is 12.0 Å². The van der Waals surface area contributed by atoms with Crippen LogP contribution in [-0.2, 0) is 16.1 Å². The van der Waals surface area contributed by atoms with E-state index in [1.807, 2.05) is 43.3 Å². The van der Waals surface area contributed by atoms with Gasteiger partial charge >= 0.3 is 0 Å². The van der Waals surface area contributed by atoms with Gasteiger partial charge in [-0.3, -0.25) is 9.59 Å². The highest BCUT2D eigenvalue weighted by molar-refractivity contribution is 6.09. The molecular formula is C20H22FN3O2. The molecule has 1 saturated heterocycles. The number of hydrogen-bond donors (Lipinski definition) is 1. The van der Waals surface area contributed by atoms with Crippen molar-refractivity contribution in [2.45, 2.75) is 13.0 Å². The molecule has 0 unspecified atom stereocenters. The number of anilines is 2. The largest absolute Gasteiger partial charge is 0.378 e. The minimum absolute atomic E-state index is 0.239. The Labute approximate surface area is 152 Å². The Morgan fingerprint density at radius 3 is 2.42 bits per heavy atom. The molecule has 2 amide bonds. The second-order valence-corrected chi connectivity index (χ2v) is 6.59. The Kier molecular flexibility index (Phi) is 5.21. The molecule has 0 aromatic heterocycles. The highest BCUT2D eigenvalue weighted by atomic mass is 19.1. The molecule has 1 aliphatic rings. The molecule has 6 heteroatoms. The van der Waals surface area contributed by atoms with E-state index in [-0.39, 0.29) is 17.6 Å². The maximum atomic E-state index is 13.0. The lowest BCUT2D eigenvalue weighted by atomic mass is 10.1. The molecule has 1 heterocycles. The topological polar surface area (TPSA) is 52.7 Å². The van der Waals surface area contributed by atoms with E-state index in [9.17, 15) is 14.0 Å². The Hall–Kier alpha value is -2.89. The number of benzene rings is 2. The summed E-state index contributed by atoms with van der Waals surface area (Å²) in [7, 11) is 3.94. The van der Waals surface area contributed by atoms with Crippen molar-refractivity contribution in [3.8, 4) is 0 Å². The number of nitrogens with zero attached hydrogens (tertiary/aromatic N) is 2. The smallest absolute Gasteiger partial charge is 0.239 e. The summed E-state index contributed by atoms with van der Waals surface area (Å²) in [5.41, 5.74) is 2.68. The third-order valence-electron chi connectivity index (χ3n) is 4.58. The van der Waals surface area contributed by atoms with Crippen molar-refractivity contribution in [2.75, 3.05) is 30.4 Å². The molecule has 1 N–H and O–H groups in total.